The van der Waals surface area contributed by atoms with Gasteiger partial charge in [0, 0.05) is 0 Å². The third-order valence-corrected chi connectivity index (χ3v) is 3.09. The molecular weight excluding hydrogens is 294 g/mol. The van der Waals surface area contributed by atoms with E-state index in [4.69, 9.17) is 9.47 Å². The molecule has 1 aromatic carbocycles. The Kier molecular flexibility index (Phi) is 4.80. The van der Waals surface area contributed by atoms with E-state index in [0.717, 1.165) is 11.3 Å². The molecule has 0 fully saturated rings. The van der Waals surface area contributed by atoms with Crippen molar-refractivity contribution in [2.45, 2.75) is 39.3 Å². The van der Waals surface area contributed by atoms with E-state index in [-0.39, 0.29) is 6.04 Å². The quantitative estimate of drug-likeness (QED) is 0.865. The molecule has 1 N–H and O–H groups in total. The van der Waals surface area contributed by atoms with Gasteiger partial charge in [-0.15, -0.1) is 5.10 Å². The first-order chi connectivity index (χ1) is 10.8. The Bertz CT molecular complexity index is 678. The van der Waals surface area contributed by atoms with Crippen molar-refractivity contribution < 1.29 is 14.3 Å². The Morgan fingerprint density at radius 3 is 2.70 bits per heavy atom. The van der Waals surface area contributed by atoms with Gasteiger partial charge in [0.1, 0.15) is 17.0 Å². The van der Waals surface area contributed by atoms with E-state index in [9.17, 15) is 4.79 Å². The first kappa shape index (κ1) is 16.7. The topological polar surface area (TPSA) is 63.2 Å². The summed E-state index contributed by atoms with van der Waals surface area (Å²) in [5.41, 5.74) is 3.91. The maximum absolute atomic E-state index is 11.9. The summed E-state index contributed by atoms with van der Waals surface area (Å²) in [5.74, 6) is 3.27. The smallest absolute Gasteiger partial charge is 0.408 e. The minimum absolute atomic E-state index is 0.219. The number of ether oxygens (including phenoxy) is 2. The Labute approximate surface area is 136 Å². The van der Waals surface area contributed by atoms with Gasteiger partial charge in [-0.3, -0.25) is 0 Å². The van der Waals surface area contributed by atoms with Crippen LogP contribution in [0.5, 0.6) is 5.75 Å². The summed E-state index contributed by atoms with van der Waals surface area (Å²) >= 11 is 0. The maximum Gasteiger partial charge on any atom is 0.408 e. The molecule has 1 atom stereocenters. The normalized spacial score (nSPS) is 14.0. The third kappa shape index (κ3) is 4.39. The number of anilines is 1. The predicted molar refractivity (Wildman–Crippen MR) is 88.8 cm³/mol. The molecule has 0 radical (unpaired) electrons. The van der Waals surface area contributed by atoms with Gasteiger partial charge < -0.3 is 14.8 Å². The van der Waals surface area contributed by atoms with Gasteiger partial charge in [-0.25, -0.2) is 9.80 Å². The highest BCUT2D eigenvalue weighted by Crippen LogP contribution is 2.32. The molecule has 0 bridgehead atoms. The maximum atomic E-state index is 11.9. The zero-order chi connectivity index (χ0) is 17.0. The van der Waals surface area contributed by atoms with Crippen LogP contribution in [0.1, 0.15) is 39.3 Å². The lowest BCUT2D eigenvalue weighted by atomic mass is 10.1. The van der Waals surface area contributed by atoms with E-state index in [1.807, 2.05) is 45.9 Å². The molecule has 0 unspecified atom stereocenters. The highest BCUT2D eigenvalue weighted by atomic mass is 16.6. The summed E-state index contributed by atoms with van der Waals surface area (Å²) < 4.78 is 10.7. The number of rotatable bonds is 4. The summed E-state index contributed by atoms with van der Waals surface area (Å²) in [4.78, 5) is 11.9. The van der Waals surface area contributed by atoms with Crippen LogP contribution in [-0.2, 0) is 4.74 Å². The first-order valence-corrected chi connectivity index (χ1v) is 7.31. The van der Waals surface area contributed by atoms with Gasteiger partial charge in [0.25, 0.3) is 0 Å². The summed E-state index contributed by atoms with van der Waals surface area (Å²) in [5, 5.41) is 8.45. The third-order valence-electron chi connectivity index (χ3n) is 3.09. The fourth-order valence-electron chi connectivity index (χ4n) is 2.05. The second-order valence-electron chi connectivity index (χ2n) is 6.13. The van der Waals surface area contributed by atoms with E-state index in [1.165, 1.54) is 0 Å². The summed E-state index contributed by atoms with van der Waals surface area (Å²) in [6.45, 7) is 7.36. The number of nitrogens with zero attached hydrogens (tertiary/aromatic N) is 2. The van der Waals surface area contributed by atoms with Crippen LogP contribution in [-0.4, -0.2) is 24.7 Å². The van der Waals surface area contributed by atoms with Crippen molar-refractivity contribution >= 4 is 17.7 Å². The van der Waals surface area contributed by atoms with Crippen molar-refractivity contribution in [3.8, 4) is 5.75 Å². The van der Waals surface area contributed by atoms with Gasteiger partial charge in [-0.2, -0.15) is 0 Å². The van der Waals surface area contributed by atoms with Gasteiger partial charge in [-0.1, -0.05) is 6.07 Å². The van der Waals surface area contributed by atoms with Crippen LogP contribution in [0.3, 0.4) is 0 Å². The molecule has 0 saturated carbocycles. The molecule has 122 valence electrons. The molecular formula is C17H21N3O3. The van der Waals surface area contributed by atoms with Crippen molar-refractivity contribution in [2.75, 3.05) is 12.1 Å². The Morgan fingerprint density at radius 1 is 1.39 bits per heavy atom. The number of alkyl carbamates (subject to hydrolysis) is 1. The molecule has 1 aliphatic heterocycles. The van der Waals surface area contributed by atoms with Crippen LogP contribution in [0.15, 0.2) is 35.2 Å². The van der Waals surface area contributed by atoms with Crippen LogP contribution in [0.25, 0.3) is 0 Å². The first-order valence-electron chi connectivity index (χ1n) is 7.31. The van der Waals surface area contributed by atoms with Crippen LogP contribution in [0, 0.1) is 0 Å². The van der Waals surface area contributed by atoms with E-state index >= 15 is 0 Å². The van der Waals surface area contributed by atoms with Crippen molar-refractivity contribution in [3.05, 3.63) is 35.7 Å². The molecule has 2 rings (SSSR count). The summed E-state index contributed by atoms with van der Waals surface area (Å²) in [6.07, 6.45) is 1.21. The van der Waals surface area contributed by atoms with Gasteiger partial charge in [0.05, 0.1) is 25.2 Å². The highest BCUT2D eigenvalue weighted by Gasteiger charge is 2.19. The number of methoxy groups -OCH3 is 1. The van der Waals surface area contributed by atoms with Crippen LogP contribution < -0.4 is 15.1 Å². The molecule has 1 aromatic rings. The Balaban J connectivity index is 2.12. The van der Waals surface area contributed by atoms with Crippen molar-refractivity contribution in [3.63, 3.8) is 0 Å². The van der Waals surface area contributed by atoms with E-state index in [1.54, 1.807) is 18.3 Å². The number of hydrazone groups is 1. The predicted octanol–water partition coefficient (Wildman–Crippen LogP) is 3.35. The zero-order valence-corrected chi connectivity index (χ0v) is 14.0. The standard InChI is InChI=1S/C17H21N3O3/c1-12(19-16(21)23-17(2,3)4)13-7-8-14(15(11-13)22-5)20-10-6-9-18-20/h7-8,10-12H,1-5H3,(H,19,21)/t12-/m1/s1. The number of nitrogens with one attached hydrogen (secondary N) is 1. The van der Waals surface area contributed by atoms with Crippen LogP contribution in [0.2, 0.25) is 0 Å². The summed E-state index contributed by atoms with van der Waals surface area (Å²) in [6, 6.07) is 5.42. The lowest BCUT2D eigenvalue weighted by molar-refractivity contribution is 0.0508. The monoisotopic (exact) mass is 315 g/mol. The van der Waals surface area contributed by atoms with Crippen molar-refractivity contribution in [2.24, 2.45) is 5.10 Å². The minimum Gasteiger partial charge on any atom is -0.494 e. The molecule has 6 nitrogen and oxygen atoms in total. The van der Waals surface area contributed by atoms with Crippen LogP contribution in [0.4, 0.5) is 10.5 Å². The average molecular weight is 315 g/mol. The summed E-state index contributed by atoms with van der Waals surface area (Å²) in [7, 11) is 1.59. The lowest BCUT2D eigenvalue weighted by Gasteiger charge is -2.23. The van der Waals surface area contributed by atoms with Crippen molar-refractivity contribution in [1.29, 1.82) is 0 Å². The Morgan fingerprint density at radius 2 is 2.13 bits per heavy atom. The number of hydrogen-bond donors (Lipinski definition) is 1. The van der Waals surface area contributed by atoms with Crippen molar-refractivity contribution in [1.82, 2.24) is 5.32 Å². The lowest BCUT2D eigenvalue weighted by Crippen LogP contribution is -2.34. The van der Waals surface area contributed by atoms with Gasteiger partial charge >= 0.3 is 6.09 Å². The number of hydrogen-bond acceptors (Lipinski definition) is 5. The molecule has 1 aliphatic rings. The number of benzene rings is 1. The number of amides is 1. The number of carbonyl (C=O) groups is 1. The highest BCUT2D eigenvalue weighted by molar-refractivity contribution is 5.69. The fraction of sp³-hybridized carbons (Fsp3) is 0.412. The van der Waals surface area contributed by atoms with Gasteiger partial charge in [-0.05, 0) is 51.1 Å². The molecule has 0 saturated heterocycles. The molecule has 0 aromatic heterocycles. The number of carbonyl (C=O) groups excluding carboxylic acids is 1. The van der Waals surface area contributed by atoms with Gasteiger partial charge in [0.2, 0.25) is 0 Å². The van der Waals surface area contributed by atoms with E-state index < -0.39 is 11.7 Å². The molecule has 6 heteroatoms. The molecule has 23 heavy (non-hydrogen) atoms. The van der Waals surface area contributed by atoms with E-state index in [2.05, 4.69) is 22.0 Å². The fourth-order valence-corrected chi connectivity index (χ4v) is 2.05. The second kappa shape index (κ2) is 6.61. The van der Waals surface area contributed by atoms with Gasteiger partial charge in [0.15, 0.2) is 0 Å². The average Bonchev–Trinajstić information content (AvgIpc) is 2.98. The van der Waals surface area contributed by atoms with Crippen LogP contribution >= 0.6 is 0 Å². The largest absolute Gasteiger partial charge is 0.494 e. The molecule has 1 heterocycles. The molecule has 1 amide bonds. The zero-order valence-electron chi connectivity index (χ0n) is 14.0. The van der Waals surface area contributed by atoms with E-state index in [0.29, 0.717) is 5.75 Å². The molecule has 0 spiro atoms. The molecule has 0 aliphatic carbocycles. The SMILES string of the molecule is COc1cc([C@@H](C)NC(=O)OC(C)(C)C)ccc1N1C=C=C=N1. The second-order valence-corrected chi connectivity index (χ2v) is 6.13. The Hall–Kier alpha value is -2.68. The minimum atomic E-state index is -0.529.